The summed E-state index contributed by atoms with van der Waals surface area (Å²) in [6.45, 7) is 4.57. The highest BCUT2D eigenvalue weighted by molar-refractivity contribution is 5.84. The van der Waals surface area contributed by atoms with Crippen LogP contribution in [0.3, 0.4) is 0 Å². The zero-order valence-electron chi connectivity index (χ0n) is 23.6. The van der Waals surface area contributed by atoms with Gasteiger partial charge in [0.05, 0.1) is 29.2 Å². The third-order valence-corrected chi connectivity index (χ3v) is 8.10. The number of amides is 1. The quantitative estimate of drug-likeness (QED) is 0.247. The number of pyridine rings is 1. The minimum Gasteiger partial charge on any atom is -0.508 e. The lowest BCUT2D eigenvalue weighted by atomic mass is 9.92. The highest BCUT2D eigenvalue weighted by Gasteiger charge is 2.29. The molecule has 1 aliphatic rings. The van der Waals surface area contributed by atoms with Gasteiger partial charge in [-0.25, -0.2) is 14.5 Å². The number of aromatic amines is 1. The first-order valence-electron chi connectivity index (χ1n) is 14.3. The van der Waals surface area contributed by atoms with E-state index in [-0.39, 0.29) is 41.6 Å². The van der Waals surface area contributed by atoms with Crippen LogP contribution in [0, 0.1) is 0 Å². The average molecular weight is 564 g/mol. The smallest absolute Gasteiger partial charge is 0.348 e. The van der Waals surface area contributed by atoms with Crippen molar-refractivity contribution in [1.29, 1.82) is 0 Å². The van der Waals surface area contributed by atoms with Crippen LogP contribution in [-0.4, -0.2) is 47.3 Å². The van der Waals surface area contributed by atoms with Crippen LogP contribution in [0.5, 0.6) is 11.5 Å². The van der Waals surface area contributed by atoms with E-state index in [9.17, 15) is 19.8 Å². The van der Waals surface area contributed by atoms with Crippen molar-refractivity contribution < 1.29 is 15.0 Å². The molecule has 0 bridgehead atoms. The Morgan fingerprint density at radius 1 is 1.02 bits per heavy atom. The molecule has 5 aromatic rings. The number of hydrogen-bond acceptors (Lipinski definition) is 6. The fourth-order valence-corrected chi connectivity index (χ4v) is 5.95. The number of likely N-dealkylation sites (tertiary alicyclic amines) is 1. The highest BCUT2D eigenvalue weighted by atomic mass is 16.3. The van der Waals surface area contributed by atoms with Crippen LogP contribution in [0.15, 0.2) is 77.7 Å². The number of H-pyrrole nitrogens is 1. The van der Waals surface area contributed by atoms with Crippen molar-refractivity contribution in [3.05, 3.63) is 100 Å². The Morgan fingerprint density at radius 2 is 1.81 bits per heavy atom. The molecule has 1 unspecified atom stereocenters. The summed E-state index contributed by atoms with van der Waals surface area (Å²) in [5.41, 5.74) is 3.93. The molecule has 1 fully saturated rings. The molecule has 2 aromatic heterocycles. The zero-order valence-corrected chi connectivity index (χ0v) is 23.6. The second-order valence-electron chi connectivity index (χ2n) is 11.1. The highest BCUT2D eigenvalue weighted by Crippen LogP contribution is 2.38. The van der Waals surface area contributed by atoms with Gasteiger partial charge >= 0.3 is 5.69 Å². The summed E-state index contributed by atoms with van der Waals surface area (Å²) in [6, 6.07) is 20.2. The van der Waals surface area contributed by atoms with Crippen molar-refractivity contribution in [3.63, 3.8) is 0 Å². The van der Waals surface area contributed by atoms with Crippen molar-refractivity contribution in [2.75, 3.05) is 6.54 Å². The number of carbonyl (C=O) groups is 1. The number of carbonyl (C=O) groups excluding carboxylic acids is 1. The van der Waals surface area contributed by atoms with Crippen LogP contribution < -0.4 is 5.69 Å². The Bertz CT molecular complexity index is 1820. The Hall–Kier alpha value is -4.92. The van der Waals surface area contributed by atoms with Crippen molar-refractivity contribution >= 4 is 16.8 Å². The summed E-state index contributed by atoms with van der Waals surface area (Å²) in [6.07, 6.45) is 5.01. The number of benzene rings is 3. The van der Waals surface area contributed by atoms with Gasteiger partial charge in [0.25, 0.3) is 0 Å². The van der Waals surface area contributed by atoms with Crippen LogP contribution in [0.1, 0.15) is 61.8 Å². The van der Waals surface area contributed by atoms with Crippen molar-refractivity contribution in [3.8, 4) is 28.6 Å². The molecular weight excluding hydrogens is 530 g/mol. The molecule has 6 rings (SSSR count). The number of nitrogens with one attached hydrogen (secondary N) is 1. The number of nitrogens with zero attached hydrogens (tertiary/aromatic N) is 4. The molecule has 3 aromatic carbocycles. The van der Waals surface area contributed by atoms with E-state index in [2.05, 4.69) is 21.2 Å². The second-order valence-corrected chi connectivity index (χ2v) is 11.1. The van der Waals surface area contributed by atoms with Crippen LogP contribution in [0.4, 0.5) is 0 Å². The molecule has 3 heterocycles. The summed E-state index contributed by atoms with van der Waals surface area (Å²) in [4.78, 5) is 32.9. The van der Waals surface area contributed by atoms with Gasteiger partial charge in [-0.1, -0.05) is 44.2 Å². The monoisotopic (exact) mass is 563 g/mol. The predicted molar refractivity (Wildman–Crippen MR) is 161 cm³/mol. The molecule has 0 saturated carbocycles. The SMILES string of the molecule is CC(C)c1cc(-c2n[nH]c(=O)n2-c2ccc(CC(=O)N3CCCCC3c3ccnc4ccccc34)cc2)c(O)cc1O. The van der Waals surface area contributed by atoms with Crippen molar-refractivity contribution in [1.82, 2.24) is 24.6 Å². The number of phenolic OH excluding ortho intramolecular Hbond substituents is 2. The maximum atomic E-state index is 13.6. The summed E-state index contributed by atoms with van der Waals surface area (Å²) >= 11 is 0. The van der Waals surface area contributed by atoms with Gasteiger partial charge in [-0.15, -0.1) is 0 Å². The van der Waals surface area contributed by atoms with E-state index < -0.39 is 5.69 Å². The van der Waals surface area contributed by atoms with Gasteiger partial charge in [-0.05, 0) is 72.2 Å². The molecule has 1 amide bonds. The summed E-state index contributed by atoms with van der Waals surface area (Å²) in [7, 11) is 0. The number of aromatic hydroxyl groups is 2. The number of hydrogen-bond donors (Lipinski definition) is 3. The van der Waals surface area contributed by atoms with Crippen molar-refractivity contribution in [2.24, 2.45) is 0 Å². The van der Waals surface area contributed by atoms with Gasteiger partial charge in [0.2, 0.25) is 5.91 Å². The van der Waals surface area contributed by atoms with Crippen LogP contribution >= 0.6 is 0 Å². The topological polar surface area (TPSA) is 124 Å². The molecule has 0 spiro atoms. The minimum absolute atomic E-state index is 0.000736. The number of fused-ring (bicyclic) bond motifs is 1. The average Bonchev–Trinajstić information content (AvgIpc) is 3.37. The zero-order chi connectivity index (χ0) is 29.4. The number of para-hydroxylation sites is 1. The van der Waals surface area contributed by atoms with Gasteiger partial charge < -0.3 is 15.1 Å². The van der Waals surface area contributed by atoms with E-state index in [1.54, 1.807) is 18.2 Å². The molecule has 1 aliphatic heterocycles. The third kappa shape index (κ3) is 5.02. The number of phenols is 2. The molecule has 9 nitrogen and oxygen atoms in total. The Balaban J connectivity index is 1.26. The minimum atomic E-state index is -0.465. The lowest BCUT2D eigenvalue weighted by Gasteiger charge is -2.36. The molecule has 0 aliphatic carbocycles. The maximum Gasteiger partial charge on any atom is 0.348 e. The molecule has 1 saturated heterocycles. The van der Waals surface area contributed by atoms with Crippen LogP contribution in [-0.2, 0) is 11.2 Å². The van der Waals surface area contributed by atoms with E-state index in [0.717, 1.165) is 41.3 Å². The largest absolute Gasteiger partial charge is 0.508 e. The lowest BCUT2D eigenvalue weighted by Crippen LogP contribution is -2.39. The second kappa shape index (κ2) is 11.2. The van der Waals surface area contributed by atoms with Gasteiger partial charge in [0.15, 0.2) is 5.82 Å². The predicted octanol–water partition coefficient (Wildman–Crippen LogP) is 5.61. The number of rotatable bonds is 6. The molecule has 214 valence electrons. The lowest BCUT2D eigenvalue weighted by molar-refractivity contribution is -0.134. The van der Waals surface area contributed by atoms with Gasteiger partial charge in [0, 0.05) is 24.2 Å². The fraction of sp³-hybridized carbons (Fsp3) is 0.273. The van der Waals surface area contributed by atoms with Gasteiger partial charge in [-0.3, -0.25) is 9.78 Å². The first-order chi connectivity index (χ1) is 20.3. The van der Waals surface area contributed by atoms with E-state index in [0.29, 0.717) is 23.4 Å². The van der Waals surface area contributed by atoms with Crippen molar-refractivity contribution in [2.45, 2.75) is 51.5 Å². The maximum absolute atomic E-state index is 13.6. The summed E-state index contributed by atoms with van der Waals surface area (Å²) in [5, 5.41) is 28.6. The molecule has 42 heavy (non-hydrogen) atoms. The molecule has 1 atom stereocenters. The molecular formula is C33H33N5O4. The fourth-order valence-electron chi connectivity index (χ4n) is 5.95. The van der Waals surface area contributed by atoms with E-state index in [1.165, 1.54) is 10.6 Å². The Morgan fingerprint density at radius 3 is 2.60 bits per heavy atom. The van der Waals surface area contributed by atoms with Crippen LogP contribution in [0.2, 0.25) is 0 Å². The Labute approximate surface area is 243 Å². The number of aromatic nitrogens is 4. The third-order valence-electron chi connectivity index (χ3n) is 8.10. The first kappa shape index (κ1) is 27.3. The van der Waals surface area contributed by atoms with Crippen LogP contribution in [0.25, 0.3) is 28.0 Å². The summed E-state index contributed by atoms with van der Waals surface area (Å²) < 4.78 is 1.37. The van der Waals surface area contributed by atoms with E-state index >= 15 is 0 Å². The Kier molecular flexibility index (Phi) is 7.24. The number of piperidine rings is 1. The summed E-state index contributed by atoms with van der Waals surface area (Å²) in [5.74, 6) is 0.0842. The van der Waals surface area contributed by atoms with E-state index in [1.807, 2.05) is 61.3 Å². The van der Waals surface area contributed by atoms with Gasteiger partial charge in [0.1, 0.15) is 11.5 Å². The molecule has 9 heteroatoms. The van der Waals surface area contributed by atoms with E-state index in [4.69, 9.17) is 0 Å². The normalized spacial score (nSPS) is 15.4. The molecule has 3 N–H and O–H groups in total. The van der Waals surface area contributed by atoms with Gasteiger partial charge in [-0.2, -0.15) is 5.10 Å². The first-order valence-corrected chi connectivity index (χ1v) is 14.3. The standard InChI is InChI=1S/C33H33N5O4/c1-20(2)25-18-26(30(40)19-29(25)39)32-35-36-33(42)38(32)22-12-10-21(11-13-22)17-31(41)37-16-6-5-9-28(37)24-14-15-34-27-8-4-3-7-23(24)27/h3-4,7-8,10-15,18-20,28,39-40H,5-6,9,16-17H2,1-2H3,(H,36,42). The molecule has 0 radical (unpaired) electrons.